The molecule has 1 atom stereocenters. The molecule has 1 heterocycles. The third-order valence-electron chi connectivity index (χ3n) is 4.47. The van der Waals surface area contributed by atoms with Gasteiger partial charge >= 0.3 is 0 Å². The average molecular weight is 387 g/mol. The number of aromatic nitrogens is 2. The van der Waals surface area contributed by atoms with E-state index in [1.807, 2.05) is 19.1 Å². The van der Waals surface area contributed by atoms with Crippen molar-refractivity contribution in [2.75, 3.05) is 0 Å². The van der Waals surface area contributed by atoms with Gasteiger partial charge < -0.3 is 4.57 Å². The number of nitrogens with zero attached hydrogens (tertiary/aromatic N) is 2. The molecular weight excluding hydrogens is 365 g/mol. The summed E-state index contributed by atoms with van der Waals surface area (Å²) >= 11 is 0. The number of aryl methyl sites for hydroxylation is 4. The summed E-state index contributed by atoms with van der Waals surface area (Å²) in [5.41, 5.74) is 2.97. The fraction of sp³-hybridized carbons (Fsp3) is 0.250. The van der Waals surface area contributed by atoms with Crippen LogP contribution < -0.4 is 4.72 Å². The molecule has 0 saturated heterocycles. The summed E-state index contributed by atoms with van der Waals surface area (Å²) in [7, 11) is -2.05. The van der Waals surface area contributed by atoms with E-state index in [2.05, 4.69) is 9.71 Å². The minimum Gasteiger partial charge on any atom is -0.336 e. The third-order valence-corrected chi connectivity index (χ3v) is 6.19. The van der Waals surface area contributed by atoms with E-state index in [1.165, 1.54) is 12.1 Å². The Bertz CT molecular complexity index is 1050. The highest BCUT2D eigenvalue weighted by atomic mass is 32.2. The molecule has 0 unspecified atom stereocenters. The van der Waals surface area contributed by atoms with Gasteiger partial charge in [0, 0.05) is 19.4 Å². The van der Waals surface area contributed by atoms with Gasteiger partial charge in [-0.1, -0.05) is 29.8 Å². The van der Waals surface area contributed by atoms with Crippen LogP contribution in [-0.4, -0.2) is 18.0 Å². The second-order valence-electron chi connectivity index (χ2n) is 6.73. The summed E-state index contributed by atoms with van der Waals surface area (Å²) < 4.78 is 44.3. The molecule has 2 aromatic carbocycles. The first-order valence-corrected chi connectivity index (χ1v) is 10.00. The number of hydrogen-bond donors (Lipinski definition) is 1. The first kappa shape index (κ1) is 19.3. The van der Waals surface area contributed by atoms with Crippen molar-refractivity contribution >= 4 is 10.0 Å². The second kappa shape index (κ2) is 7.25. The van der Waals surface area contributed by atoms with Crippen LogP contribution in [-0.2, 0) is 17.1 Å². The van der Waals surface area contributed by atoms with Gasteiger partial charge in [0.05, 0.1) is 4.90 Å². The van der Waals surface area contributed by atoms with Crippen molar-refractivity contribution in [2.24, 2.45) is 7.05 Å². The Balaban J connectivity index is 2.09. The van der Waals surface area contributed by atoms with E-state index >= 15 is 0 Å². The predicted octanol–water partition coefficient (Wildman–Crippen LogP) is 3.55. The zero-order valence-electron chi connectivity index (χ0n) is 15.7. The molecule has 0 aliphatic carbocycles. The second-order valence-corrected chi connectivity index (χ2v) is 8.38. The van der Waals surface area contributed by atoms with Crippen molar-refractivity contribution in [2.45, 2.75) is 31.7 Å². The van der Waals surface area contributed by atoms with Gasteiger partial charge in [-0.2, -0.15) is 4.72 Å². The number of sulfonamides is 1. The van der Waals surface area contributed by atoms with Crippen molar-refractivity contribution in [3.8, 4) is 0 Å². The van der Waals surface area contributed by atoms with Crippen LogP contribution in [0.15, 0.2) is 53.7 Å². The molecule has 1 N–H and O–H groups in total. The molecule has 0 aliphatic heterocycles. The van der Waals surface area contributed by atoms with Gasteiger partial charge in [-0.15, -0.1) is 0 Å². The lowest BCUT2D eigenvalue weighted by atomic mass is 10.1. The third kappa shape index (κ3) is 3.94. The molecule has 3 rings (SSSR count). The lowest BCUT2D eigenvalue weighted by Gasteiger charge is -2.21. The number of imidazole rings is 1. The molecule has 0 fully saturated rings. The Morgan fingerprint density at radius 3 is 2.19 bits per heavy atom. The molecule has 142 valence electrons. The Kier molecular flexibility index (Phi) is 5.17. The van der Waals surface area contributed by atoms with Crippen molar-refractivity contribution in [3.05, 3.63) is 82.7 Å². The summed E-state index contributed by atoms with van der Waals surface area (Å²) in [5, 5.41) is 0. The SMILES string of the molecule is Cc1cc(C)c(S(=O)(=O)N[C@@H](c2ccc(F)cc2)c2nccn2C)c(C)c1. The molecule has 0 bridgehead atoms. The lowest BCUT2D eigenvalue weighted by Crippen LogP contribution is -2.32. The van der Waals surface area contributed by atoms with Crippen LogP contribution in [0.5, 0.6) is 0 Å². The van der Waals surface area contributed by atoms with Crippen LogP contribution in [0.3, 0.4) is 0 Å². The summed E-state index contributed by atoms with van der Waals surface area (Å²) in [6.07, 6.45) is 3.34. The molecule has 0 radical (unpaired) electrons. The van der Waals surface area contributed by atoms with Crippen molar-refractivity contribution in [1.29, 1.82) is 0 Å². The van der Waals surface area contributed by atoms with Crippen LogP contribution in [0.25, 0.3) is 0 Å². The Morgan fingerprint density at radius 1 is 1.07 bits per heavy atom. The maximum Gasteiger partial charge on any atom is 0.242 e. The molecule has 0 spiro atoms. The Labute approximate surface area is 158 Å². The van der Waals surface area contributed by atoms with Gasteiger partial charge in [0.2, 0.25) is 10.0 Å². The van der Waals surface area contributed by atoms with E-state index in [0.29, 0.717) is 22.5 Å². The Hall–Kier alpha value is -2.51. The van der Waals surface area contributed by atoms with Gasteiger partial charge in [0.1, 0.15) is 17.7 Å². The van der Waals surface area contributed by atoms with Crippen LogP contribution >= 0.6 is 0 Å². The van der Waals surface area contributed by atoms with Crippen molar-refractivity contribution < 1.29 is 12.8 Å². The van der Waals surface area contributed by atoms with Gasteiger partial charge in [-0.05, 0) is 49.6 Å². The van der Waals surface area contributed by atoms with Gasteiger partial charge in [-0.25, -0.2) is 17.8 Å². The molecule has 3 aromatic rings. The smallest absolute Gasteiger partial charge is 0.242 e. The van der Waals surface area contributed by atoms with Gasteiger partial charge in [0.15, 0.2) is 0 Å². The lowest BCUT2D eigenvalue weighted by molar-refractivity contribution is 0.561. The van der Waals surface area contributed by atoms with Gasteiger partial charge in [0.25, 0.3) is 0 Å². The molecular formula is C20H22FN3O2S. The zero-order valence-corrected chi connectivity index (χ0v) is 16.5. The number of halogens is 1. The van der Waals surface area contributed by atoms with E-state index in [9.17, 15) is 12.8 Å². The van der Waals surface area contributed by atoms with E-state index in [-0.39, 0.29) is 10.7 Å². The molecule has 0 aliphatic rings. The minimum absolute atomic E-state index is 0.259. The Morgan fingerprint density at radius 2 is 1.67 bits per heavy atom. The normalized spacial score (nSPS) is 12.9. The summed E-state index contributed by atoms with van der Waals surface area (Å²) in [6.45, 7) is 5.49. The maximum atomic E-state index is 13.4. The summed E-state index contributed by atoms with van der Waals surface area (Å²) in [4.78, 5) is 4.55. The van der Waals surface area contributed by atoms with Crippen molar-refractivity contribution in [1.82, 2.24) is 14.3 Å². The summed E-state index contributed by atoms with van der Waals surface area (Å²) in [5.74, 6) is 0.137. The standard InChI is InChI=1S/C20H22FN3O2S/c1-13-11-14(2)19(15(3)12-13)27(25,26)23-18(20-22-9-10-24(20)4)16-5-7-17(21)8-6-16/h5-12,18,23H,1-4H3/t18-/m0/s1. The molecule has 5 nitrogen and oxygen atoms in total. The molecule has 0 saturated carbocycles. The van der Waals surface area contributed by atoms with E-state index in [4.69, 9.17) is 0 Å². The van der Waals surface area contributed by atoms with Crippen LogP contribution in [0, 0.1) is 26.6 Å². The molecule has 1 aromatic heterocycles. The monoisotopic (exact) mass is 387 g/mol. The van der Waals surface area contributed by atoms with Gasteiger partial charge in [-0.3, -0.25) is 0 Å². The van der Waals surface area contributed by atoms with Crippen LogP contribution in [0.4, 0.5) is 4.39 Å². The van der Waals surface area contributed by atoms with E-state index in [1.54, 1.807) is 50.0 Å². The zero-order chi connectivity index (χ0) is 19.8. The fourth-order valence-corrected chi connectivity index (χ4v) is 5.02. The largest absolute Gasteiger partial charge is 0.336 e. The van der Waals surface area contributed by atoms with Crippen molar-refractivity contribution in [3.63, 3.8) is 0 Å². The molecule has 27 heavy (non-hydrogen) atoms. The quantitative estimate of drug-likeness (QED) is 0.728. The highest BCUT2D eigenvalue weighted by molar-refractivity contribution is 7.89. The van der Waals surface area contributed by atoms with Crippen LogP contribution in [0.1, 0.15) is 34.1 Å². The van der Waals surface area contributed by atoms with Crippen LogP contribution in [0.2, 0.25) is 0 Å². The highest BCUT2D eigenvalue weighted by Crippen LogP contribution is 2.27. The topological polar surface area (TPSA) is 64.0 Å². The number of benzene rings is 2. The van der Waals surface area contributed by atoms with E-state index in [0.717, 1.165) is 5.56 Å². The average Bonchev–Trinajstić information content (AvgIpc) is 2.98. The first-order chi connectivity index (χ1) is 12.7. The molecule has 0 amide bonds. The fourth-order valence-electron chi connectivity index (χ4n) is 3.39. The predicted molar refractivity (Wildman–Crippen MR) is 102 cm³/mol. The maximum absolute atomic E-state index is 13.4. The molecule has 7 heteroatoms. The minimum atomic E-state index is -3.84. The van der Waals surface area contributed by atoms with E-state index < -0.39 is 16.1 Å². The first-order valence-electron chi connectivity index (χ1n) is 8.52. The summed E-state index contributed by atoms with van der Waals surface area (Å²) in [6, 6.07) is 8.68. The number of rotatable bonds is 5. The number of hydrogen-bond acceptors (Lipinski definition) is 3. The highest BCUT2D eigenvalue weighted by Gasteiger charge is 2.28. The number of nitrogens with one attached hydrogen (secondary N) is 1.